The van der Waals surface area contributed by atoms with Gasteiger partial charge in [0.1, 0.15) is 5.75 Å². The number of rotatable bonds is 10. The summed E-state index contributed by atoms with van der Waals surface area (Å²) in [7, 11) is 4.94. The molecule has 2 aromatic carbocycles. The third-order valence-electron chi connectivity index (χ3n) is 4.81. The summed E-state index contributed by atoms with van der Waals surface area (Å²) < 4.78 is 16.1. The van der Waals surface area contributed by atoms with Crippen molar-refractivity contribution in [1.82, 2.24) is 10.6 Å². The Morgan fingerprint density at radius 3 is 2.41 bits per heavy atom. The van der Waals surface area contributed by atoms with Gasteiger partial charge in [-0.05, 0) is 49.1 Å². The van der Waals surface area contributed by atoms with E-state index in [1.807, 2.05) is 42.5 Å². The monoisotopic (exact) mass is 554 g/mol. The Kier molecular flexibility index (Phi) is 10.4. The predicted molar refractivity (Wildman–Crippen MR) is 137 cm³/mol. The SMILES string of the molecule is CN=C(NCCc1ccc(OCC(=O)NC2CC2)cc1)Nc1ccc(OC)c(OC)c1.I. The summed E-state index contributed by atoms with van der Waals surface area (Å²) in [6.07, 6.45) is 2.96. The van der Waals surface area contributed by atoms with Gasteiger partial charge in [-0.1, -0.05) is 12.1 Å². The van der Waals surface area contributed by atoms with Crippen LogP contribution in [0.15, 0.2) is 47.5 Å². The highest BCUT2D eigenvalue weighted by molar-refractivity contribution is 14.0. The van der Waals surface area contributed by atoms with Crippen molar-refractivity contribution < 1.29 is 19.0 Å². The molecular weight excluding hydrogens is 523 g/mol. The quantitative estimate of drug-likeness (QED) is 0.238. The summed E-state index contributed by atoms with van der Waals surface area (Å²) in [4.78, 5) is 15.9. The number of nitrogens with one attached hydrogen (secondary N) is 3. The van der Waals surface area contributed by atoms with Crippen molar-refractivity contribution in [2.45, 2.75) is 25.3 Å². The predicted octanol–water partition coefficient (Wildman–Crippen LogP) is 3.21. The maximum atomic E-state index is 11.7. The molecular formula is C23H31IN4O4. The van der Waals surface area contributed by atoms with E-state index in [2.05, 4.69) is 20.9 Å². The minimum Gasteiger partial charge on any atom is -0.493 e. The highest BCUT2D eigenvalue weighted by Crippen LogP contribution is 2.29. The van der Waals surface area contributed by atoms with Gasteiger partial charge in [0.25, 0.3) is 5.91 Å². The molecule has 1 amide bonds. The minimum absolute atomic E-state index is 0. The Balaban J connectivity index is 0.00000363. The van der Waals surface area contributed by atoms with E-state index in [0.29, 0.717) is 35.8 Å². The summed E-state index contributed by atoms with van der Waals surface area (Å²) in [5.41, 5.74) is 2.00. The van der Waals surface area contributed by atoms with Gasteiger partial charge in [0, 0.05) is 31.4 Å². The van der Waals surface area contributed by atoms with Gasteiger partial charge in [0.2, 0.25) is 0 Å². The van der Waals surface area contributed by atoms with Gasteiger partial charge in [0.15, 0.2) is 24.1 Å². The molecule has 3 rings (SSSR count). The molecule has 9 heteroatoms. The molecule has 8 nitrogen and oxygen atoms in total. The molecule has 0 unspecified atom stereocenters. The van der Waals surface area contributed by atoms with Crippen molar-refractivity contribution >= 4 is 41.5 Å². The topological polar surface area (TPSA) is 93.2 Å². The third kappa shape index (κ3) is 8.10. The lowest BCUT2D eigenvalue weighted by molar-refractivity contribution is -0.123. The fraction of sp³-hybridized carbons (Fsp3) is 0.391. The molecule has 32 heavy (non-hydrogen) atoms. The maximum absolute atomic E-state index is 11.7. The van der Waals surface area contributed by atoms with Crippen molar-refractivity contribution in [2.24, 2.45) is 4.99 Å². The Morgan fingerprint density at radius 2 is 1.78 bits per heavy atom. The summed E-state index contributed by atoms with van der Waals surface area (Å²) in [6, 6.07) is 13.7. The highest BCUT2D eigenvalue weighted by Gasteiger charge is 2.23. The Hall–Kier alpha value is -2.69. The zero-order chi connectivity index (χ0) is 22.1. The van der Waals surface area contributed by atoms with Gasteiger partial charge in [-0.15, -0.1) is 24.0 Å². The van der Waals surface area contributed by atoms with E-state index < -0.39 is 0 Å². The largest absolute Gasteiger partial charge is 0.493 e. The van der Waals surface area contributed by atoms with Crippen LogP contribution in [0.5, 0.6) is 17.2 Å². The zero-order valence-corrected chi connectivity index (χ0v) is 21.0. The van der Waals surface area contributed by atoms with Crippen LogP contribution in [-0.4, -0.2) is 52.3 Å². The summed E-state index contributed by atoms with van der Waals surface area (Å²) in [5.74, 6) is 2.61. The number of halogens is 1. The van der Waals surface area contributed by atoms with Gasteiger partial charge in [-0.3, -0.25) is 9.79 Å². The lowest BCUT2D eigenvalue weighted by Gasteiger charge is -2.14. The van der Waals surface area contributed by atoms with Crippen LogP contribution < -0.4 is 30.2 Å². The number of guanidine groups is 1. The number of benzene rings is 2. The first-order valence-corrected chi connectivity index (χ1v) is 10.3. The van der Waals surface area contributed by atoms with E-state index in [1.165, 1.54) is 0 Å². The number of nitrogens with zero attached hydrogens (tertiary/aromatic N) is 1. The number of amides is 1. The second-order valence-corrected chi connectivity index (χ2v) is 7.22. The molecule has 1 fully saturated rings. The summed E-state index contributed by atoms with van der Waals surface area (Å²) >= 11 is 0. The zero-order valence-electron chi connectivity index (χ0n) is 18.6. The second-order valence-electron chi connectivity index (χ2n) is 7.22. The first-order valence-electron chi connectivity index (χ1n) is 10.3. The average Bonchev–Trinajstić information content (AvgIpc) is 3.61. The first-order chi connectivity index (χ1) is 15.1. The van der Waals surface area contributed by atoms with E-state index in [9.17, 15) is 4.79 Å². The fourth-order valence-electron chi connectivity index (χ4n) is 2.95. The van der Waals surface area contributed by atoms with Crippen molar-refractivity contribution in [2.75, 3.05) is 39.7 Å². The first kappa shape index (κ1) is 25.6. The molecule has 1 aliphatic carbocycles. The maximum Gasteiger partial charge on any atom is 0.258 e. The number of carbonyl (C=O) groups is 1. The molecule has 0 saturated heterocycles. The van der Waals surface area contributed by atoms with Crippen LogP contribution in [0.4, 0.5) is 5.69 Å². The van der Waals surface area contributed by atoms with Gasteiger partial charge >= 0.3 is 0 Å². The number of ether oxygens (including phenoxy) is 3. The van der Waals surface area contributed by atoms with Gasteiger partial charge in [0.05, 0.1) is 14.2 Å². The van der Waals surface area contributed by atoms with Crippen LogP contribution in [0, 0.1) is 0 Å². The number of aliphatic imine (C=N–C) groups is 1. The van der Waals surface area contributed by atoms with E-state index >= 15 is 0 Å². The molecule has 0 heterocycles. The number of methoxy groups -OCH3 is 2. The number of hydrogen-bond donors (Lipinski definition) is 3. The standard InChI is InChI=1S/C23H30N4O4.HI/c1-24-23(27-18-8-11-20(29-2)21(14-18)30-3)25-13-12-16-4-9-19(10-5-16)31-15-22(28)26-17-6-7-17;/h4-5,8-11,14,17H,6-7,12-13,15H2,1-3H3,(H,26,28)(H2,24,25,27);1H. The van der Waals surface area contributed by atoms with Crippen LogP contribution in [0.2, 0.25) is 0 Å². The van der Waals surface area contributed by atoms with Crippen LogP contribution in [0.3, 0.4) is 0 Å². The van der Waals surface area contributed by atoms with E-state index in [-0.39, 0.29) is 36.5 Å². The Labute approximate surface area is 206 Å². The molecule has 1 saturated carbocycles. The Bertz CT molecular complexity index is 901. The average molecular weight is 554 g/mol. The molecule has 0 atom stereocenters. The molecule has 0 aliphatic heterocycles. The van der Waals surface area contributed by atoms with Crippen LogP contribution in [-0.2, 0) is 11.2 Å². The summed E-state index contributed by atoms with van der Waals surface area (Å²) in [5, 5.41) is 9.44. The Morgan fingerprint density at radius 1 is 1.06 bits per heavy atom. The highest BCUT2D eigenvalue weighted by atomic mass is 127. The van der Waals surface area contributed by atoms with Crippen LogP contribution in [0.1, 0.15) is 18.4 Å². The minimum atomic E-state index is -0.0656. The molecule has 0 spiro atoms. The van der Waals surface area contributed by atoms with Crippen molar-refractivity contribution in [3.8, 4) is 17.2 Å². The number of hydrogen-bond acceptors (Lipinski definition) is 5. The van der Waals surface area contributed by atoms with Crippen LogP contribution >= 0.6 is 24.0 Å². The number of carbonyl (C=O) groups excluding carboxylic acids is 1. The smallest absolute Gasteiger partial charge is 0.258 e. The molecule has 174 valence electrons. The van der Waals surface area contributed by atoms with E-state index in [1.54, 1.807) is 21.3 Å². The second kappa shape index (κ2) is 13.0. The lowest BCUT2D eigenvalue weighted by Crippen LogP contribution is -2.32. The molecule has 0 bridgehead atoms. The molecule has 0 aromatic heterocycles. The fourth-order valence-corrected chi connectivity index (χ4v) is 2.95. The van der Waals surface area contributed by atoms with Crippen LogP contribution in [0.25, 0.3) is 0 Å². The van der Waals surface area contributed by atoms with Crippen molar-refractivity contribution in [1.29, 1.82) is 0 Å². The normalized spacial score (nSPS) is 12.9. The molecule has 2 aromatic rings. The van der Waals surface area contributed by atoms with E-state index in [0.717, 1.165) is 30.5 Å². The molecule has 3 N–H and O–H groups in total. The summed E-state index contributed by atoms with van der Waals surface area (Å²) in [6.45, 7) is 0.756. The number of anilines is 1. The van der Waals surface area contributed by atoms with Gasteiger partial charge in [-0.2, -0.15) is 0 Å². The third-order valence-corrected chi connectivity index (χ3v) is 4.81. The van der Waals surface area contributed by atoms with Gasteiger partial charge < -0.3 is 30.2 Å². The van der Waals surface area contributed by atoms with Crippen molar-refractivity contribution in [3.63, 3.8) is 0 Å². The van der Waals surface area contributed by atoms with Crippen molar-refractivity contribution in [3.05, 3.63) is 48.0 Å². The lowest BCUT2D eigenvalue weighted by atomic mass is 10.1. The molecule has 0 radical (unpaired) electrons. The van der Waals surface area contributed by atoms with E-state index in [4.69, 9.17) is 14.2 Å². The van der Waals surface area contributed by atoms with Gasteiger partial charge in [-0.25, -0.2) is 0 Å². The molecule has 1 aliphatic rings.